The van der Waals surface area contributed by atoms with E-state index in [2.05, 4.69) is 0 Å². The summed E-state index contributed by atoms with van der Waals surface area (Å²) >= 11 is 0. The molecule has 0 radical (unpaired) electrons. The second-order valence-electron chi connectivity index (χ2n) is 1.41. The molecule has 6 N–H and O–H groups in total. The molecule has 0 amide bonds. The lowest BCUT2D eigenvalue weighted by atomic mass is 10.4. The number of hydrogen-bond donors (Lipinski definition) is 4. The Bertz CT molecular complexity index is 134. The first kappa shape index (κ1) is 6.81. The van der Waals surface area contributed by atoms with E-state index < -0.39 is 0 Å². The fraction of sp³-hybridized carbons (Fsp3) is 0.250. The van der Waals surface area contributed by atoms with E-state index in [9.17, 15) is 0 Å². The Morgan fingerprint density at radius 3 is 1.88 bits per heavy atom. The molecule has 0 aromatic rings. The zero-order valence-corrected chi connectivity index (χ0v) is 4.60. The van der Waals surface area contributed by atoms with Crippen molar-refractivity contribution in [1.29, 1.82) is 5.41 Å². The standard InChI is InChI=1S/C4H9N3O/c1-2(8)3(5)4(6)7/h8H,5H2,1H3,(H3,6,7). The van der Waals surface area contributed by atoms with E-state index >= 15 is 0 Å². The van der Waals surface area contributed by atoms with Gasteiger partial charge in [-0.15, -0.1) is 0 Å². The van der Waals surface area contributed by atoms with Crippen molar-refractivity contribution in [1.82, 2.24) is 0 Å². The minimum Gasteiger partial charge on any atom is -0.510 e. The number of aliphatic hydroxyl groups excluding tert-OH is 1. The average molecular weight is 115 g/mol. The van der Waals surface area contributed by atoms with Gasteiger partial charge in [0.05, 0.1) is 0 Å². The fourth-order valence-electron chi connectivity index (χ4n) is 0.195. The summed E-state index contributed by atoms with van der Waals surface area (Å²) in [5.74, 6) is -0.414. The summed E-state index contributed by atoms with van der Waals surface area (Å²) in [4.78, 5) is 0. The molecule has 4 nitrogen and oxygen atoms in total. The molecule has 0 bridgehead atoms. The van der Waals surface area contributed by atoms with Gasteiger partial charge in [-0.25, -0.2) is 0 Å². The van der Waals surface area contributed by atoms with Gasteiger partial charge < -0.3 is 16.6 Å². The minimum atomic E-state index is -0.301. The first-order valence-electron chi connectivity index (χ1n) is 2.05. The second kappa shape index (κ2) is 2.20. The van der Waals surface area contributed by atoms with Gasteiger partial charge in [0.25, 0.3) is 0 Å². The normalized spacial score (nSPS) is 12.6. The van der Waals surface area contributed by atoms with Crippen molar-refractivity contribution >= 4 is 5.84 Å². The SMILES string of the molecule is CC(O)=C(N)C(=N)N. The monoisotopic (exact) mass is 115 g/mol. The summed E-state index contributed by atoms with van der Waals surface area (Å²) in [6, 6.07) is 0. The molecule has 0 aliphatic heterocycles. The van der Waals surface area contributed by atoms with Gasteiger partial charge in [0, 0.05) is 0 Å². The highest BCUT2D eigenvalue weighted by molar-refractivity contribution is 5.93. The Balaban J connectivity index is 4.23. The summed E-state index contributed by atoms with van der Waals surface area (Å²) in [5.41, 5.74) is 9.85. The molecule has 8 heavy (non-hydrogen) atoms. The lowest BCUT2D eigenvalue weighted by molar-refractivity contribution is 0.409. The molecular formula is C4H9N3O. The molecule has 0 atom stereocenters. The summed E-state index contributed by atoms with van der Waals surface area (Å²) in [7, 11) is 0. The van der Waals surface area contributed by atoms with Gasteiger partial charge in [-0.05, 0) is 6.92 Å². The lowest BCUT2D eigenvalue weighted by Crippen LogP contribution is -2.20. The van der Waals surface area contributed by atoms with Crippen LogP contribution in [0.4, 0.5) is 0 Å². The highest BCUT2D eigenvalue weighted by Crippen LogP contribution is 1.88. The molecular weight excluding hydrogens is 106 g/mol. The van der Waals surface area contributed by atoms with Gasteiger partial charge in [0.2, 0.25) is 0 Å². The van der Waals surface area contributed by atoms with E-state index in [0.29, 0.717) is 0 Å². The van der Waals surface area contributed by atoms with Gasteiger partial charge in [0.1, 0.15) is 17.3 Å². The number of amidine groups is 1. The Labute approximate surface area is 47.3 Å². The molecule has 0 aliphatic rings. The number of hydrogen-bond acceptors (Lipinski definition) is 3. The Morgan fingerprint density at radius 1 is 1.50 bits per heavy atom. The van der Waals surface area contributed by atoms with Crippen molar-refractivity contribution in [2.45, 2.75) is 6.92 Å². The Kier molecular flexibility index (Phi) is 1.88. The number of allylic oxidation sites excluding steroid dienone is 1. The van der Waals surface area contributed by atoms with Crippen molar-refractivity contribution < 1.29 is 5.11 Å². The predicted octanol–water partition coefficient (Wildman–Crippen LogP) is -0.329. The van der Waals surface area contributed by atoms with E-state index in [1.54, 1.807) is 0 Å². The molecule has 0 fully saturated rings. The Morgan fingerprint density at radius 2 is 1.88 bits per heavy atom. The van der Waals surface area contributed by atoms with E-state index in [-0.39, 0.29) is 17.3 Å². The molecule has 0 heterocycles. The second-order valence-corrected chi connectivity index (χ2v) is 1.41. The van der Waals surface area contributed by atoms with Crippen molar-refractivity contribution in [3.63, 3.8) is 0 Å². The van der Waals surface area contributed by atoms with Gasteiger partial charge in [-0.3, -0.25) is 5.41 Å². The van der Waals surface area contributed by atoms with E-state index in [1.165, 1.54) is 6.92 Å². The number of nitrogens with one attached hydrogen (secondary N) is 1. The predicted molar refractivity (Wildman–Crippen MR) is 31.4 cm³/mol. The summed E-state index contributed by atoms with van der Waals surface area (Å²) in [6.07, 6.45) is 0. The van der Waals surface area contributed by atoms with Gasteiger partial charge >= 0.3 is 0 Å². The topological polar surface area (TPSA) is 96.1 Å². The third kappa shape index (κ3) is 1.51. The van der Waals surface area contributed by atoms with Crippen molar-refractivity contribution in [3.8, 4) is 0 Å². The van der Waals surface area contributed by atoms with Crippen LogP contribution in [0.15, 0.2) is 11.5 Å². The smallest absolute Gasteiger partial charge is 0.142 e. The van der Waals surface area contributed by atoms with Crippen LogP contribution in [0.5, 0.6) is 0 Å². The van der Waals surface area contributed by atoms with Gasteiger partial charge in [0.15, 0.2) is 0 Å². The molecule has 0 rings (SSSR count). The first-order valence-corrected chi connectivity index (χ1v) is 2.05. The van der Waals surface area contributed by atoms with Gasteiger partial charge in [-0.1, -0.05) is 0 Å². The third-order valence-corrected chi connectivity index (χ3v) is 0.680. The van der Waals surface area contributed by atoms with Crippen LogP contribution in [0.2, 0.25) is 0 Å². The maximum absolute atomic E-state index is 8.53. The summed E-state index contributed by atoms with van der Waals surface area (Å²) < 4.78 is 0. The molecule has 0 aliphatic carbocycles. The van der Waals surface area contributed by atoms with Crippen LogP contribution in [0.3, 0.4) is 0 Å². The zero-order chi connectivity index (χ0) is 6.73. The van der Waals surface area contributed by atoms with Crippen molar-refractivity contribution in [2.24, 2.45) is 11.5 Å². The van der Waals surface area contributed by atoms with Crippen molar-refractivity contribution in [2.75, 3.05) is 0 Å². The highest BCUT2D eigenvalue weighted by Gasteiger charge is 1.95. The van der Waals surface area contributed by atoms with Crippen LogP contribution in [-0.4, -0.2) is 10.9 Å². The molecule has 4 heteroatoms. The average Bonchev–Trinajstić information content (AvgIpc) is 1.64. The number of aliphatic hydroxyl groups is 1. The quantitative estimate of drug-likeness (QED) is 0.214. The largest absolute Gasteiger partial charge is 0.510 e. The third-order valence-electron chi connectivity index (χ3n) is 0.680. The van der Waals surface area contributed by atoms with Crippen molar-refractivity contribution in [3.05, 3.63) is 11.5 Å². The van der Waals surface area contributed by atoms with Crippen LogP contribution >= 0.6 is 0 Å². The van der Waals surface area contributed by atoms with Crippen LogP contribution in [0.25, 0.3) is 0 Å². The molecule has 0 spiro atoms. The molecule has 0 aromatic heterocycles. The lowest BCUT2D eigenvalue weighted by Gasteiger charge is -1.96. The van der Waals surface area contributed by atoms with Crippen LogP contribution < -0.4 is 11.5 Å². The maximum Gasteiger partial charge on any atom is 0.142 e. The van der Waals surface area contributed by atoms with E-state index in [1.807, 2.05) is 0 Å². The summed E-state index contributed by atoms with van der Waals surface area (Å²) in [6.45, 7) is 1.37. The van der Waals surface area contributed by atoms with E-state index in [4.69, 9.17) is 22.0 Å². The summed E-state index contributed by atoms with van der Waals surface area (Å²) in [5, 5.41) is 15.2. The van der Waals surface area contributed by atoms with Crippen LogP contribution in [-0.2, 0) is 0 Å². The highest BCUT2D eigenvalue weighted by atomic mass is 16.3. The molecule has 46 valence electrons. The number of nitrogens with two attached hydrogens (primary N) is 2. The molecule has 0 unspecified atom stereocenters. The maximum atomic E-state index is 8.53. The molecule has 0 saturated carbocycles. The van der Waals surface area contributed by atoms with Gasteiger partial charge in [-0.2, -0.15) is 0 Å². The molecule has 0 aromatic carbocycles. The zero-order valence-electron chi connectivity index (χ0n) is 4.60. The fourth-order valence-corrected chi connectivity index (χ4v) is 0.195. The number of rotatable bonds is 1. The van der Waals surface area contributed by atoms with Crippen LogP contribution in [0.1, 0.15) is 6.92 Å². The minimum absolute atomic E-state index is 0.0648. The molecule has 0 saturated heterocycles. The first-order chi connectivity index (χ1) is 3.55. The van der Waals surface area contributed by atoms with E-state index in [0.717, 1.165) is 0 Å². The van der Waals surface area contributed by atoms with Crippen LogP contribution in [0, 0.1) is 5.41 Å². The Hall–Kier alpha value is -1.19.